The number of nitrogens with one attached hydrogen (secondary N) is 1. The van der Waals surface area contributed by atoms with Crippen LogP contribution in [0, 0.1) is 5.92 Å². The van der Waals surface area contributed by atoms with Gasteiger partial charge in [0.25, 0.3) is 5.91 Å². The molecule has 2 rings (SSSR count). The summed E-state index contributed by atoms with van der Waals surface area (Å²) in [5, 5.41) is 13.0. The molecule has 1 atom stereocenters. The van der Waals surface area contributed by atoms with Gasteiger partial charge in [0.2, 0.25) is 0 Å². The summed E-state index contributed by atoms with van der Waals surface area (Å²) in [5.74, 6) is -1.73. The van der Waals surface area contributed by atoms with E-state index in [4.69, 9.17) is 4.42 Å². The SMILES string of the molecule is COC(=O)C(NC(=O)c1cc2ccc(=O)oc2cc1O)C(C)C. The van der Waals surface area contributed by atoms with E-state index in [1.165, 1.54) is 31.4 Å². The van der Waals surface area contributed by atoms with Crippen molar-refractivity contribution in [3.05, 3.63) is 40.2 Å². The van der Waals surface area contributed by atoms with Crippen LogP contribution in [0.4, 0.5) is 0 Å². The fourth-order valence-electron chi connectivity index (χ4n) is 2.13. The summed E-state index contributed by atoms with van der Waals surface area (Å²) in [6.07, 6.45) is 0. The van der Waals surface area contributed by atoms with Crippen molar-refractivity contribution in [1.82, 2.24) is 5.32 Å². The second-order valence-electron chi connectivity index (χ2n) is 5.38. The van der Waals surface area contributed by atoms with Crippen LogP contribution in [0.2, 0.25) is 0 Å². The molecule has 1 heterocycles. The Labute approximate surface area is 131 Å². The van der Waals surface area contributed by atoms with Gasteiger partial charge < -0.3 is 19.6 Å². The third-order valence-electron chi connectivity index (χ3n) is 3.39. The highest BCUT2D eigenvalue weighted by Gasteiger charge is 2.26. The highest BCUT2D eigenvalue weighted by molar-refractivity contribution is 6.02. The maximum absolute atomic E-state index is 12.3. The zero-order chi connectivity index (χ0) is 17.1. The van der Waals surface area contributed by atoms with Gasteiger partial charge in [-0.3, -0.25) is 4.79 Å². The molecule has 1 amide bonds. The maximum Gasteiger partial charge on any atom is 0.336 e. The van der Waals surface area contributed by atoms with Crippen molar-refractivity contribution in [3.8, 4) is 5.75 Å². The molecule has 0 aliphatic rings. The number of hydrogen-bond donors (Lipinski definition) is 2. The van der Waals surface area contributed by atoms with Crippen molar-refractivity contribution in [2.75, 3.05) is 7.11 Å². The van der Waals surface area contributed by atoms with Crippen molar-refractivity contribution in [2.24, 2.45) is 5.92 Å². The van der Waals surface area contributed by atoms with Crippen LogP contribution in [-0.4, -0.2) is 30.1 Å². The molecule has 122 valence electrons. The van der Waals surface area contributed by atoms with E-state index in [1.54, 1.807) is 13.8 Å². The largest absolute Gasteiger partial charge is 0.507 e. The molecular formula is C16H17NO6. The summed E-state index contributed by atoms with van der Waals surface area (Å²) in [6.45, 7) is 3.52. The fraction of sp³-hybridized carbons (Fsp3) is 0.312. The number of benzene rings is 1. The van der Waals surface area contributed by atoms with Gasteiger partial charge in [-0.2, -0.15) is 0 Å². The van der Waals surface area contributed by atoms with E-state index in [2.05, 4.69) is 10.1 Å². The molecule has 0 fully saturated rings. The molecule has 0 saturated carbocycles. The molecule has 0 aliphatic heterocycles. The zero-order valence-corrected chi connectivity index (χ0v) is 13.0. The van der Waals surface area contributed by atoms with Gasteiger partial charge in [-0.15, -0.1) is 0 Å². The lowest BCUT2D eigenvalue weighted by Crippen LogP contribution is -2.45. The number of ether oxygens (including phenoxy) is 1. The number of fused-ring (bicyclic) bond motifs is 1. The van der Waals surface area contributed by atoms with Gasteiger partial charge in [-0.25, -0.2) is 9.59 Å². The highest BCUT2D eigenvalue weighted by Crippen LogP contribution is 2.24. The number of phenols is 1. The Morgan fingerprint density at radius 2 is 1.96 bits per heavy atom. The van der Waals surface area contributed by atoms with Crippen LogP contribution >= 0.6 is 0 Å². The highest BCUT2D eigenvalue weighted by atomic mass is 16.5. The van der Waals surface area contributed by atoms with Crippen molar-refractivity contribution < 1.29 is 23.8 Å². The smallest absolute Gasteiger partial charge is 0.336 e. The predicted octanol–water partition coefficient (Wildman–Crippen LogP) is 1.43. The second kappa shape index (κ2) is 6.51. The number of aromatic hydroxyl groups is 1. The second-order valence-corrected chi connectivity index (χ2v) is 5.38. The molecule has 0 aliphatic carbocycles. The van der Waals surface area contributed by atoms with Crippen LogP contribution in [0.3, 0.4) is 0 Å². The molecule has 7 nitrogen and oxygen atoms in total. The van der Waals surface area contributed by atoms with E-state index >= 15 is 0 Å². The van der Waals surface area contributed by atoms with E-state index in [-0.39, 0.29) is 22.8 Å². The number of carbonyl (C=O) groups is 2. The molecule has 0 radical (unpaired) electrons. The molecule has 0 spiro atoms. The summed E-state index contributed by atoms with van der Waals surface area (Å²) in [7, 11) is 1.24. The number of esters is 1. The first-order chi connectivity index (χ1) is 10.8. The van der Waals surface area contributed by atoms with E-state index in [1.807, 2.05) is 0 Å². The minimum absolute atomic E-state index is 0.0269. The molecule has 1 unspecified atom stereocenters. The Balaban J connectivity index is 2.37. The van der Waals surface area contributed by atoms with Gasteiger partial charge in [0.05, 0.1) is 12.7 Å². The van der Waals surface area contributed by atoms with E-state index in [9.17, 15) is 19.5 Å². The Morgan fingerprint density at radius 1 is 1.26 bits per heavy atom. The van der Waals surface area contributed by atoms with E-state index in [0.29, 0.717) is 5.39 Å². The van der Waals surface area contributed by atoms with E-state index in [0.717, 1.165) is 0 Å². The lowest BCUT2D eigenvalue weighted by Gasteiger charge is -2.20. The minimum atomic E-state index is -0.837. The van der Waals surface area contributed by atoms with Crippen LogP contribution in [0.15, 0.2) is 33.5 Å². The molecular weight excluding hydrogens is 302 g/mol. The molecule has 23 heavy (non-hydrogen) atoms. The van der Waals surface area contributed by atoms with Crippen LogP contribution in [-0.2, 0) is 9.53 Å². The lowest BCUT2D eigenvalue weighted by molar-refractivity contribution is -0.144. The number of carbonyl (C=O) groups excluding carboxylic acids is 2. The van der Waals surface area contributed by atoms with Crippen molar-refractivity contribution in [2.45, 2.75) is 19.9 Å². The summed E-state index contributed by atoms with van der Waals surface area (Å²) >= 11 is 0. The molecule has 0 bridgehead atoms. The molecule has 7 heteroatoms. The number of phenolic OH excluding ortho intramolecular Hbond substituents is 1. The van der Waals surface area contributed by atoms with Gasteiger partial charge in [-0.1, -0.05) is 13.8 Å². The number of rotatable bonds is 4. The third kappa shape index (κ3) is 3.50. The van der Waals surface area contributed by atoms with Crippen molar-refractivity contribution in [3.63, 3.8) is 0 Å². The lowest BCUT2D eigenvalue weighted by atomic mass is 10.0. The van der Waals surface area contributed by atoms with Gasteiger partial charge in [-0.05, 0) is 18.1 Å². The normalized spacial score (nSPS) is 12.2. The summed E-state index contributed by atoms with van der Waals surface area (Å²) in [4.78, 5) is 35.2. The first-order valence-electron chi connectivity index (χ1n) is 6.99. The van der Waals surface area contributed by atoms with Crippen LogP contribution in [0.1, 0.15) is 24.2 Å². The fourth-order valence-corrected chi connectivity index (χ4v) is 2.13. The average Bonchev–Trinajstić information content (AvgIpc) is 2.50. The van der Waals surface area contributed by atoms with Crippen LogP contribution in [0.25, 0.3) is 11.0 Å². The number of methoxy groups -OCH3 is 1. The maximum atomic E-state index is 12.3. The topological polar surface area (TPSA) is 106 Å². The van der Waals surface area contributed by atoms with Crippen LogP contribution < -0.4 is 10.9 Å². The van der Waals surface area contributed by atoms with Crippen molar-refractivity contribution >= 4 is 22.8 Å². The van der Waals surface area contributed by atoms with Gasteiger partial charge in [0.15, 0.2) is 0 Å². The first-order valence-corrected chi connectivity index (χ1v) is 6.99. The Hall–Kier alpha value is -2.83. The molecule has 1 aromatic heterocycles. The average molecular weight is 319 g/mol. The first kappa shape index (κ1) is 16.5. The van der Waals surface area contributed by atoms with Crippen molar-refractivity contribution in [1.29, 1.82) is 0 Å². The summed E-state index contributed by atoms with van der Waals surface area (Å²) in [5.41, 5.74) is -0.416. The quantitative estimate of drug-likeness (QED) is 0.652. The Bertz CT molecular complexity index is 808. The molecule has 2 N–H and O–H groups in total. The Morgan fingerprint density at radius 3 is 2.57 bits per heavy atom. The number of hydrogen-bond acceptors (Lipinski definition) is 6. The van der Waals surface area contributed by atoms with Gasteiger partial charge in [0.1, 0.15) is 17.4 Å². The zero-order valence-electron chi connectivity index (χ0n) is 13.0. The third-order valence-corrected chi connectivity index (χ3v) is 3.39. The number of amides is 1. The van der Waals surface area contributed by atoms with Gasteiger partial charge in [0, 0.05) is 17.5 Å². The standard InChI is InChI=1S/C16H17NO6/c1-8(2)14(16(21)22-3)17-15(20)10-6-9-4-5-13(19)23-12(9)7-11(10)18/h4-8,14,18H,1-3H3,(H,17,20). The van der Waals surface area contributed by atoms with E-state index < -0.39 is 23.5 Å². The molecule has 1 aromatic carbocycles. The minimum Gasteiger partial charge on any atom is -0.507 e. The summed E-state index contributed by atoms with van der Waals surface area (Å²) in [6, 6.07) is 4.44. The van der Waals surface area contributed by atoms with Gasteiger partial charge >= 0.3 is 11.6 Å². The molecule has 2 aromatic rings. The summed E-state index contributed by atoms with van der Waals surface area (Å²) < 4.78 is 9.59. The Kier molecular flexibility index (Phi) is 4.68. The monoisotopic (exact) mass is 319 g/mol. The molecule has 0 saturated heterocycles. The predicted molar refractivity (Wildman–Crippen MR) is 82.3 cm³/mol. The van der Waals surface area contributed by atoms with Crippen LogP contribution in [0.5, 0.6) is 5.75 Å².